The summed E-state index contributed by atoms with van der Waals surface area (Å²) in [4.78, 5) is 86.2. The van der Waals surface area contributed by atoms with Crippen LogP contribution in [0.1, 0.15) is 122 Å². The van der Waals surface area contributed by atoms with Crippen LogP contribution in [0.4, 0.5) is 70.0 Å². The molecule has 11 amide bonds. The average Bonchev–Trinajstić information content (AvgIpc) is 0.830. The molecule has 0 saturated carbocycles. The second-order valence-electron chi connectivity index (χ2n) is 34.4. The van der Waals surface area contributed by atoms with Crippen LogP contribution in [0.3, 0.4) is 0 Å². The molecule has 0 atom stereocenters. The molecule has 0 radical (unpaired) electrons. The molecule has 0 unspecified atom stereocenters. The van der Waals surface area contributed by atoms with Gasteiger partial charge < -0.3 is 66.2 Å². The monoisotopic (exact) mass is 1820 g/mol. The molecule has 25 heteroatoms. The second kappa shape index (κ2) is 44.4. The predicted molar refractivity (Wildman–Crippen MR) is 518 cm³/mol. The van der Waals surface area contributed by atoms with Crippen molar-refractivity contribution in [2.45, 2.75) is 151 Å². The van der Waals surface area contributed by atoms with Gasteiger partial charge in [0, 0.05) is 106 Å². The van der Waals surface area contributed by atoms with Crippen molar-refractivity contribution in [3.05, 3.63) is 375 Å². The summed E-state index contributed by atoms with van der Waals surface area (Å²) < 4.78 is 54.5. The van der Waals surface area contributed by atoms with Gasteiger partial charge in [-0.05, 0) is 298 Å². The lowest BCUT2D eigenvalue weighted by atomic mass is 9.98. The standard InChI is InChI=1S/C18H19ClN2O.2C18H19FN2O.C18H18FNO2.C18H20N2OS.C17H17FN2O2/c1-12-6-7-14-8-9-21(11-15(14)10-12)18(22)20-17-5-3-4-16(19)13(17)2;1-12-3-5-14-7-8-21(11-15(14)9-12)18(22)20-16-6-4-13(2)17(19)10-16;1-12-3-5-14-7-8-21(11-15(14)9-12)18(22)20-17-10-16(19)6-4-13(17)2;1-12-2-3-14(17(19)8-12)10-18(22)20-7-6-13-4-5-16(21)9-15(13)11-20;1-13-7-8-14-9-10-20(12-15(14)11-13)18(21)19-16-5-3-4-6-17(16)22-2;1-11-2-5-16(15(18)8-11)19-17(22)20-7-6-12-3-4-14(21)9-13(12)10-20/h3-7,10H,8-9,11H2,1-2H3,(H,20,22);2*3-6,9-10H,7-8,11H2,1-2H3,(H,20,22);2-5,8-9,21H,6-7,10-11H2,1H3;3-8,11H,9-10,12H2,1-2H3,(H,19,21);2-5,8-9,21H,6-7,10H2,1H3,(H,19,22). The third kappa shape index (κ3) is 25.7. The first kappa shape index (κ1) is 96.0. The van der Waals surface area contributed by atoms with Gasteiger partial charge in [0.2, 0.25) is 5.91 Å². The van der Waals surface area contributed by atoms with Crippen LogP contribution in [0.15, 0.2) is 229 Å². The normalized spacial score (nSPS) is 13.7. The maximum atomic E-state index is 13.9. The van der Waals surface area contributed by atoms with Gasteiger partial charge in [0.05, 0.1) is 17.8 Å². The van der Waals surface area contributed by atoms with E-state index in [-0.39, 0.29) is 77.1 Å². The number of carbonyl (C=O) groups is 6. The number of hydrogen-bond acceptors (Lipinski definition) is 9. The fourth-order valence-corrected chi connectivity index (χ4v) is 17.3. The lowest BCUT2D eigenvalue weighted by Crippen LogP contribution is -2.39. The van der Waals surface area contributed by atoms with Crippen LogP contribution in [0.25, 0.3) is 0 Å². The van der Waals surface area contributed by atoms with Gasteiger partial charge in [0.1, 0.15) is 34.8 Å². The summed E-state index contributed by atoms with van der Waals surface area (Å²) in [5, 5.41) is 34.0. The average molecular weight is 1820 g/mol. The minimum absolute atomic E-state index is 0.0198. The summed E-state index contributed by atoms with van der Waals surface area (Å²) in [6.45, 7) is 24.8. The number of phenols is 2. The number of aryl methyl sites for hydroxylation is 8. The molecule has 0 saturated heterocycles. The quantitative estimate of drug-likeness (QED) is 0.0567. The van der Waals surface area contributed by atoms with Crippen molar-refractivity contribution >= 4 is 87.9 Å². The van der Waals surface area contributed by atoms with Gasteiger partial charge in [0.25, 0.3) is 0 Å². The van der Waals surface area contributed by atoms with Crippen molar-refractivity contribution in [2.24, 2.45) is 0 Å². The van der Waals surface area contributed by atoms with E-state index in [4.69, 9.17) is 11.6 Å². The third-order valence-corrected chi connectivity index (χ3v) is 25.5. The van der Waals surface area contributed by atoms with E-state index in [1.54, 1.807) is 106 Å². The van der Waals surface area contributed by atoms with Crippen LogP contribution in [0.5, 0.6) is 11.5 Å². The highest BCUT2D eigenvalue weighted by Crippen LogP contribution is 2.33. The molecule has 0 spiro atoms. The summed E-state index contributed by atoms with van der Waals surface area (Å²) in [7, 11) is 0. The number of para-hydroxylation sites is 1. The van der Waals surface area contributed by atoms with Gasteiger partial charge in [-0.15, -0.1) is 11.8 Å². The number of nitrogens with one attached hydrogen (secondary N) is 5. The predicted octanol–water partition coefficient (Wildman–Crippen LogP) is 23.3. The van der Waals surface area contributed by atoms with E-state index < -0.39 is 5.82 Å². The number of aromatic hydroxyl groups is 2. The largest absolute Gasteiger partial charge is 0.508 e. The molecule has 0 aliphatic carbocycles. The van der Waals surface area contributed by atoms with Gasteiger partial charge in [-0.2, -0.15) is 0 Å². The Morgan fingerprint density at radius 3 is 1.14 bits per heavy atom. The van der Waals surface area contributed by atoms with Crippen molar-refractivity contribution in [3.8, 4) is 11.5 Å². The van der Waals surface area contributed by atoms with E-state index in [1.165, 1.54) is 97.1 Å². The number of amides is 11. The first-order valence-corrected chi connectivity index (χ1v) is 45.9. The Hall–Kier alpha value is -13.6. The van der Waals surface area contributed by atoms with E-state index in [9.17, 15) is 56.5 Å². The topological polar surface area (TPSA) is 222 Å². The highest BCUT2D eigenvalue weighted by atomic mass is 35.5. The molecule has 7 N–H and O–H groups in total. The number of urea groups is 5. The lowest BCUT2D eigenvalue weighted by molar-refractivity contribution is -0.131. The van der Waals surface area contributed by atoms with Crippen LogP contribution >= 0.6 is 23.4 Å². The third-order valence-electron chi connectivity index (χ3n) is 24.3. The van der Waals surface area contributed by atoms with E-state index in [0.717, 1.165) is 112 Å². The number of rotatable bonds is 8. The fourth-order valence-electron chi connectivity index (χ4n) is 16.6. The van der Waals surface area contributed by atoms with E-state index in [0.29, 0.717) is 93.0 Å². The first-order valence-electron chi connectivity index (χ1n) is 44.3. The molecule has 684 valence electrons. The lowest BCUT2D eigenvalue weighted by Gasteiger charge is -2.29. The van der Waals surface area contributed by atoms with Gasteiger partial charge in [-0.3, -0.25) is 4.79 Å². The molecular formula is C107H112ClF4N11O8S. The molecule has 0 aromatic heterocycles. The number of nitrogens with zero attached hydrogens (tertiary/aromatic N) is 6. The van der Waals surface area contributed by atoms with Crippen molar-refractivity contribution in [1.29, 1.82) is 0 Å². The molecule has 0 bridgehead atoms. The number of benzene rings is 12. The molecule has 19 nitrogen and oxygen atoms in total. The molecule has 12 aromatic carbocycles. The zero-order chi connectivity index (χ0) is 94.0. The fraction of sp³-hybridized carbons (Fsp3) is 0.271. The van der Waals surface area contributed by atoms with Crippen molar-refractivity contribution in [1.82, 2.24) is 29.4 Å². The molecule has 18 rings (SSSR count). The Kier molecular flexibility index (Phi) is 32.3. The summed E-state index contributed by atoms with van der Waals surface area (Å²) in [5.41, 5.74) is 26.5. The summed E-state index contributed by atoms with van der Waals surface area (Å²) in [5.74, 6) is -1.12. The molecule has 12 aromatic rings. The van der Waals surface area contributed by atoms with Crippen molar-refractivity contribution < 1.29 is 56.5 Å². The summed E-state index contributed by atoms with van der Waals surface area (Å²) >= 11 is 7.74. The smallest absolute Gasteiger partial charge is 0.322 e. The van der Waals surface area contributed by atoms with Crippen LogP contribution in [-0.4, -0.2) is 121 Å². The van der Waals surface area contributed by atoms with Gasteiger partial charge in [-0.25, -0.2) is 41.5 Å². The number of fused-ring (bicyclic) bond motifs is 6. The summed E-state index contributed by atoms with van der Waals surface area (Å²) in [6, 6.07) is 67.6. The highest BCUT2D eigenvalue weighted by molar-refractivity contribution is 7.98. The maximum Gasteiger partial charge on any atom is 0.322 e. The highest BCUT2D eigenvalue weighted by Gasteiger charge is 2.29. The minimum Gasteiger partial charge on any atom is -0.508 e. The summed E-state index contributed by atoms with van der Waals surface area (Å²) in [6.07, 6.45) is 7.10. The van der Waals surface area contributed by atoms with Gasteiger partial charge in [0.15, 0.2) is 0 Å². The SMILES string of the molecule is CSc1ccccc1NC(=O)N1CCc2ccc(C)cc2C1.Cc1ccc(CC(=O)N2CCc3ccc(O)cc3C2)c(F)c1.Cc1ccc(NC(=O)N2CCc3ccc(O)cc3C2)c(F)c1.Cc1ccc2c(c1)CN(C(=O)Nc1cc(F)ccc1C)CC2.Cc1ccc2c(c1)CN(C(=O)Nc1ccc(C)c(F)c1)CC2.Cc1ccc2c(c1)CN(C(=O)Nc1cccc(Cl)c1C)CC2. The Balaban J connectivity index is 0.000000135. The van der Waals surface area contributed by atoms with Crippen LogP contribution in [0.2, 0.25) is 5.02 Å². The zero-order valence-corrected chi connectivity index (χ0v) is 77.7. The molecule has 6 aliphatic rings. The number of halogens is 5. The van der Waals surface area contributed by atoms with Crippen molar-refractivity contribution in [3.63, 3.8) is 0 Å². The Labute approximate surface area is 779 Å². The van der Waals surface area contributed by atoms with E-state index in [2.05, 4.69) is 120 Å². The Morgan fingerprint density at radius 1 is 0.326 bits per heavy atom. The minimum atomic E-state index is -0.441. The Bertz CT molecular complexity index is 6070. The molecular weight excluding hydrogens is 1710 g/mol. The van der Waals surface area contributed by atoms with E-state index in [1.807, 2.05) is 104 Å². The van der Waals surface area contributed by atoms with E-state index >= 15 is 0 Å². The first-order chi connectivity index (χ1) is 63.3. The van der Waals surface area contributed by atoms with Crippen LogP contribution in [-0.2, 0) is 89.0 Å². The number of phenolic OH excluding ortho intramolecular Hbond substituents is 2. The number of anilines is 5. The maximum absolute atomic E-state index is 13.9. The molecule has 0 fully saturated rings. The van der Waals surface area contributed by atoms with Crippen LogP contribution in [0, 0.1) is 85.6 Å². The number of hydrogen-bond donors (Lipinski definition) is 7. The number of thioether (sulfide) groups is 1. The van der Waals surface area contributed by atoms with Crippen molar-refractivity contribution in [2.75, 3.05) is 72.1 Å². The molecule has 132 heavy (non-hydrogen) atoms. The van der Waals surface area contributed by atoms with Gasteiger partial charge >= 0.3 is 30.2 Å². The Morgan fingerprint density at radius 2 is 0.689 bits per heavy atom. The zero-order valence-electron chi connectivity index (χ0n) is 76.1. The molecule has 6 aliphatic heterocycles. The number of carbonyl (C=O) groups excluding carboxylic acids is 6. The van der Waals surface area contributed by atoms with Gasteiger partial charge in [-0.1, -0.05) is 167 Å². The molecule has 6 heterocycles. The van der Waals surface area contributed by atoms with Crippen LogP contribution < -0.4 is 26.6 Å². The second-order valence-corrected chi connectivity index (χ2v) is 35.6.